The summed E-state index contributed by atoms with van der Waals surface area (Å²) in [4.78, 5) is 37.7. The number of carboxylic acid groups (broad SMARTS) is 1. The SMILES string of the molecule is C.COCOc1cc(OCC[Si](C)(C)C)cc(C[Se]c2ccccc2)c1C(=O)O.COCOc1cc(OCC[Si](C)(C)C)cc(C[Se]c2ccccc2)c1C(=O)OC.COCOc1cc(OCC[Si](C)(C)C)cc(C[Se]c2ccccc2)c1C(=O)OCC[Si](C)(C)C.C[Si](C)(C)CCO. The number of methoxy groups -OCH3 is 4. The predicted octanol–water partition coefficient (Wildman–Crippen LogP) is 14.7. The minimum Gasteiger partial charge on any atom is -0.397 e. The summed E-state index contributed by atoms with van der Waals surface area (Å²) in [6, 6.07) is 46.9. The van der Waals surface area contributed by atoms with Gasteiger partial charge in [0, 0.05) is 14.7 Å². The van der Waals surface area contributed by atoms with E-state index in [2.05, 4.69) is 135 Å². The normalized spacial score (nSPS) is 11.4. The van der Waals surface area contributed by atoms with Crippen molar-refractivity contribution in [3.8, 4) is 34.5 Å². The van der Waals surface area contributed by atoms with Crippen LogP contribution in [0.4, 0.5) is 0 Å². The Bertz CT molecular complexity index is 3280. The van der Waals surface area contributed by atoms with Gasteiger partial charge in [0.2, 0.25) is 0 Å². The van der Waals surface area contributed by atoms with Crippen LogP contribution < -0.4 is 41.8 Å². The fourth-order valence-corrected chi connectivity index (χ4v) is 17.5. The van der Waals surface area contributed by atoms with E-state index in [0.29, 0.717) is 78.2 Å². The fraction of sp³-hybridized carbons (Fsp3) is 0.480. The Morgan fingerprint density at radius 3 is 0.919 bits per heavy atom. The molecule has 0 aromatic heterocycles. The van der Waals surface area contributed by atoms with E-state index in [1.807, 2.05) is 72.8 Å². The van der Waals surface area contributed by atoms with Gasteiger partial charge in [0.25, 0.3) is 0 Å². The number of benzene rings is 6. The van der Waals surface area contributed by atoms with E-state index in [-0.39, 0.29) is 84.2 Å². The number of carbonyl (C=O) groups excluding carboxylic acids is 2. The molecule has 0 radical (unpaired) electrons. The second-order valence-electron chi connectivity index (χ2n) is 29.1. The maximum atomic E-state index is 13.2. The summed E-state index contributed by atoms with van der Waals surface area (Å²) in [7, 11) is 0.148. The Morgan fingerprint density at radius 1 is 0.374 bits per heavy atom. The van der Waals surface area contributed by atoms with Gasteiger partial charge in [0.1, 0.15) is 0 Å². The number of aliphatic hydroxyl groups is 1. The summed E-state index contributed by atoms with van der Waals surface area (Å²) in [6.07, 6.45) is 0. The van der Waals surface area contributed by atoms with Gasteiger partial charge < -0.3 is 5.11 Å². The first kappa shape index (κ1) is 90.1. The minimum atomic E-state index is -1.31. The molecule has 0 atom stereocenters. The molecule has 0 bridgehead atoms. The summed E-state index contributed by atoms with van der Waals surface area (Å²) < 4.78 is 64.9. The summed E-state index contributed by atoms with van der Waals surface area (Å²) in [5.41, 5.74) is 3.62. The smallest absolute Gasteiger partial charge is 0.0465 e. The Balaban J connectivity index is 0.000000480. The van der Waals surface area contributed by atoms with E-state index in [0.717, 1.165) is 63.3 Å². The zero-order chi connectivity index (χ0) is 73.0. The van der Waals surface area contributed by atoms with Gasteiger partial charge in [-0.05, 0) is 6.04 Å². The third kappa shape index (κ3) is 39.3. The number of hydrogen-bond acceptors (Lipinski definition) is 15. The summed E-state index contributed by atoms with van der Waals surface area (Å²) >= 11 is 0.435. The van der Waals surface area contributed by atoms with Crippen LogP contribution in [0.15, 0.2) is 127 Å². The second kappa shape index (κ2) is 46.6. The number of esters is 2. The zero-order valence-corrected chi connectivity index (χ0v) is 71.9. The van der Waals surface area contributed by atoms with E-state index in [1.165, 1.54) is 27.6 Å². The maximum absolute atomic E-state index is 13.2. The molecule has 0 aliphatic heterocycles. The molecule has 6 aromatic rings. The van der Waals surface area contributed by atoms with Gasteiger partial charge >= 0.3 is 569 Å². The second-order valence-corrected chi connectivity index (χ2v) is 63.8. The summed E-state index contributed by atoms with van der Waals surface area (Å²) in [6.45, 7) is 37.2. The van der Waals surface area contributed by atoms with Crippen LogP contribution in [0.2, 0.25) is 128 Å². The molecular formula is C75H116O16Se3Si5. The van der Waals surface area contributed by atoms with Crippen LogP contribution >= 0.6 is 0 Å². The van der Waals surface area contributed by atoms with E-state index >= 15 is 0 Å². The predicted molar refractivity (Wildman–Crippen MR) is 423 cm³/mol. The Hall–Kier alpha value is -4.99. The first-order chi connectivity index (χ1) is 46.2. The van der Waals surface area contributed by atoms with Crippen molar-refractivity contribution in [2.24, 2.45) is 0 Å². The number of hydrogen-bond donors (Lipinski definition) is 2. The van der Waals surface area contributed by atoms with Gasteiger partial charge in [-0.25, -0.2) is 0 Å². The van der Waals surface area contributed by atoms with Crippen molar-refractivity contribution in [3.63, 3.8) is 0 Å². The van der Waals surface area contributed by atoms with Gasteiger partial charge in [0.15, 0.2) is 0 Å². The van der Waals surface area contributed by atoms with Crippen LogP contribution in [0.5, 0.6) is 34.5 Å². The molecule has 0 spiro atoms. The van der Waals surface area contributed by atoms with Crippen molar-refractivity contribution in [3.05, 3.63) is 161 Å². The van der Waals surface area contributed by atoms with E-state index in [9.17, 15) is 19.5 Å². The summed E-state index contributed by atoms with van der Waals surface area (Å²) in [5.74, 6) is 1.51. The zero-order valence-electron chi connectivity index (χ0n) is 61.8. The standard InChI is InChI=1S/C26H40O5SeSi2.C22H30O5SeSi.C21H28O5SeSi.C5H14OSi.CH4/c1-28-20-31-24-18-22(29-13-15-33(2,3)4)17-21(19-32-23-11-9-8-10-12-23)25(24)26(27)30-14-16-34(5,6)7;1-24-16-27-20-14-18(26-11-12-29(3,4)5)13-17(21(20)22(23)25-2)15-28-19-9-7-6-8-10-19;1-24-15-26-19-13-17(25-10-11-28(2,3)4)12-16(20(19)21(22)23)14-27-18-8-6-5-7-9-18;1-7(2,3)5-4-6;/h8-12,17-18H,13-16,19-20H2,1-7H3;6-10,13-14H,11-12,15-16H2,1-5H3;5-9,12-13H,10-11,14-15H2,1-4H3,(H,22,23);6H,4-5H2,1-3H3;1H4. The molecule has 6 aromatic carbocycles. The molecule has 0 aliphatic rings. The number of carboxylic acids is 1. The molecule has 24 heteroatoms. The molecule has 0 amide bonds. The van der Waals surface area contributed by atoms with Gasteiger partial charge in [-0.3, -0.25) is 0 Å². The van der Waals surface area contributed by atoms with Crippen molar-refractivity contribution < 1.29 is 76.7 Å². The number of aliphatic hydroxyl groups excluding tert-OH is 1. The van der Waals surface area contributed by atoms with E-state index in [4.69, 9.17) is 57.2 Å². The maximum Gasteiger partial charge on any atom is 0.0465 e. The van der Waals surface area contributed by atoms with Crippen molar-refractivity contribution in [2.75, 3.05) is 81.9 Å². The first-order valence-electron chi connectivity index (χ1n) is 33.1. The largest absolute Gasteiger partial charge is 0.397 e. The number of rotatable bonds is 38. The molecule has 0 unspecified atom stereocenters. The monoisotopic (exact) mass is 1650 g/mol. The quantitative estimate of drug-likeness (QED) is 0.0211. The molecule has 550 valence electrons. The van der Waals surface area contributed by atoms with Gasteiger partial charge in [-0.2, -0.15) is 0 Å². The summed E-state index contributed by atoms with van der Waals surface area (Å²) in [5, 5.41) is 20.3. The fourth-order valence-electron chi connectivity index (χ4n) is 8.36. The van der Waals surface area contributed by atoms with Crippen LogP contribution in [-0.4, -0.2) is 195 Å². The minimum absolute atomic E-state index is 0. The van der Waals surface area contributed by atoms with Crippen LogP contribution in [0.25, 0.3) is 0 Å². The van der Waals surface area contributed by atoms with Crippen LogP contribution in [-0.2, 0) is 39.6 Å². The van der Waals surface area contributed by atoms with Crippen molar-refractivity contribution in [2.45, 2.75) is 152 Å². The Labute approximate surface area is 617 Å². The van der Waals surface area contributed by atoms with Gasteiger partial charge in [0.05, 0.1) is 0 Å². The first-order valence-corrected chi connectivity index (χ1v) is 57.8. The van der Waals surface area contributed by atoms with Gasteiger partial charge in [-0.1, -0.05) is 27.1 Å². The molecule has 0 aliphatic carbocycles. The average Bonchev–Trinajstić information content (AvgIpc) is 0.823. The molecule has 0 saturated carbocycles. The van der Waals surface area contributed by atoms with Crippen molar-refractivity contribution >= 4 is 117 Å². The third-order valence-corrected chi connectivity index (χ3v) is 29.2. The Morgan fingerprint density at radius 2 is 0.657 bits per heavy atom. The molecule has 16 nitrogen and oxygen atoms in total. The van der Waals surface area contributed by atoms with Crippen LogP contribution in [0, 0.1) is 0 Å². The van der Waals surface area contributed by atoms with E-state index in [1.54, 1.807) is 32.4 Å². The Kier molecular flexibility index (Phi) is 42.4. The average molecular weight is 1650 g/mol. The van der Waals surface area contributed by atoms with Crippen molar-refractivity contribution in [1.29, 1.82) is 0 Å². The number of aromatic carboxylic acids is 1. The molecular weight excluding hydrogens is 1530 g/mol. The van der Waals surface area contributed by atoms with E-state index < -0.39 is 52.3 Å². The van der Waals surface area contributed by atoms with Crippen molar-refractivity contribution in [1.82, 2.24) is 0 Å². The molecule has 2 N–H and O–H groups in total. The van der Waals surface area contributed by atoms with Gasteiger partial charge in [-0.15, -0.1) is 0 Å². The topological polar surface area (TPSA) is 193 Å². The van der Waals surface area contributed by atoms with Crippen LogP contribution in [0.1, 0.15) is 55.2 Å². The molecule has 6 rings (SSSR count). The molecule has 99 heavy (non-hydrogen) atoms. The third-order valence-electron chi connectivity index (χ3n) is 14.0. The number of ether oxygens (including phenoxy) is 11. The number of carbonyl (C=O) groups is 3. The molecule has 0 saturated heterocycles. The van der Waals surface area contributed by atoms with Crippen LogP contribution in [0.3, 0.4) is 0 Å². The molecule has 0 fully saturated rings. The molecule has 0 heterocycles.